The summed E-state index contributed by atoms with van der Waals surface area (Å²) in [6.07, 6.45) is -3.29. The zero-order chi connectivity index (χ0) is 21.2. The van der Waals surface area contributed by atoms with Crippen molar-refractivity contribution in [3.8, 4) is 0 Å². The van der Waals surface area contributed by atoms with Crippen LogP contribution in [0.4, 0.5) is 19.0 Å². The molecule has 0 radical (unpaired) electrons. The van der Waals surface area contributed by atoms with Crippen LogP contribution in [-0.4, -0.2) is 51.5 Å². The zero-order valence-electron chi connectivity index (χ0n) is 15.6. The molecule has 2 heterocycles. The number of aromatic nitrogens is 1. The van der Waals surface area contributed by atoms with E-state index in [1.807, 2.05) is 7.05 Å². The van der Waals surface area contributed by atoms with Gasteiger partial charge < -0.3 is 9.80 Å². The number of nitrogens with zero attached hydrogens (tertiary/aromatic N) is 3. The first-order valence-electron chi connectivity index (χ1n) is 8.81. The maximum atomic E-state index is 13.2. The first kappa shape index (κ1) is 21.8. The molecular formula is C18H20ClF3N4O2S. The molecule has 1 aliphatic rings. The molecule has 3 rings (SSSR count). The predicted molar refractivity (Wildman–Crippen MR) is 104 cm³/mol. The van der Waals surface area contributed by atoms with E-state index in [0.717, 1.165) is 38.3 Å². The highest BCUT2D eigenvalue weighted by atomic mass is 35.5. The lowest BCUT2D eigenvalue weighted by Gasteiger charge is -2.33. The van der Waals surface area contributed by atoms with Gasteiger partial charge in [-0.3, -0.25) is 0 Å². The molecule has 1 aromatic heterocycles. The monoisotopic (exact) mass is 448 g/mol. The molecule has 1 aliphatic heterocycles. The van der Waals surface area contributed by atoms with Gasteiger partial charge in [0.05, 0.1) is 10.5 Å². The van der Waals surface area contributed by atoms with Crippen LogP contribution in [0, 0.1) is 0 Å². The average Bonchev–Trinajstić information content (AvgIpc) is 2.66. The summed E-state index contributed by atoms with van der Waals surface area (Å²) in [5.74, 6) is 0.706. The van der Waals surface area contributed by atoms with Gasteiger partial charge in [-0.2, -0.15) is 13.2 Å². The van der Waals surface area contributed by atoms with Crippen LogP contribution in [0.25, 0.3) is 0 Å². The molecule has 1 saturated heterocycles. The van der Waals surface area contributed by atoms with E-state index in [0.29, 0.717) is 17.4 Å². The molecule has 1 aromatic carbocycles. The van der Waals surface area contributed by atoms with E-state index in [4.69, 9.17) is 11.6 Å². The summed E-state index contributed by atoms with van der Waals surface area (Å²) in [6, 6.07) is 5.93. The van der Waals surface area contributed by atoms with E-state index in [2.05, 4.69) is 19.5 Å². The van der Waals surface area contributed by atoms with E-state index in [1.54, 1.807) is 18.3 Å². The molecule has 1 fully saturated rings. The number of rotatable bonds is 5. The number of alkyl halides is 3. The van der Waals surface area contributed by atoms with Crippen LogP contribution >= 0.6 is 11.6 Å². The van der Waals surface area contributed by atoms with Crippen molar-refractivity contribution in [3.05, 3.63) is 52.7 Å². The smallest absolute Gasteiger partial charge is 0.354 e. The Balaban J connectivity index is 1.77. The number of hydrogen-bond acceptors (Lipinski definition) is 5. The van der Waals surface area contributed by atoms with Crippen LogP contribution in [0.3, 0.4) is 0 Å². The normalized spacial score (nSPS) is 16.2. The SMILES string of the molecule is CN1CCN(c2cc(CNS(=O)(=O)c3ccc(Cl)cc3C(F)(F)F)ccn2)CC1. The van der Waals surface area contributed by atoms with E-state index in [-0.39, 0.29) is 11.6 Å². The number of piperazine rings is 1. The van der Waals surface area contributed by atoms with Crippen molar-refractivity contribution in [2.75, 3.05) is 38.1 Å². The maximum absolute atomic E-state index is 13.2. The Bertz CT molecular complexity index is 977. The Labute approximate surface area is 172 Å². The minimum absolute atomic E-state index is 0.161. The van der Waals surface area contributed by atoms with Gasteiger partial charge >= 0.3 is 6.18 Å². The molecule has 0 bridgehead atoms. The second-order valence-corrected chi connectivity index (χ2v) is 8.95. The van der Waals surface area contributed by atoms with Gasteiger partial charge in [-0.1, -0.05) is 11.6 Å². The van der Waals surface area contributed by atoms with E-state index in [1.165, 1.54) is 0 Å². The van der Waals surface area contributed by atoms with Crippen molar-refractivity contribution in [2.45, 2.75) is 17.6 Å². The van der Waals surface area contributed by atoms with Gasteiger partial charge in [0.15, 0.2) is 0 Å². The molecule has 1 N–H and O–H groups in total. The summed E-state index contributed by atoms with van der Waals surface area (Å²) >= 11 is 5.62. The zero-order valence-corrected chi connectivity index (χ0v) is 17.2. The molecule has 0 spiro atoms. The fourth-order valence-electron chi connectivity index (χ4n) is 2.99. The Morgan fingerprint density at radius 1 is 1.14 bits per heavy atom. The van der Waals surface area contributed by atoms with Crippen LogP contribution < -0.4 is 9.62 Å². The molecule has 0 saturated carbocycles. The van der Waals surface area contributed by atoms with Crippen molar-refractivity contribution < 1.29 is 21.6 Å². The van der Waals surface area contributed by atoms with Gasteiger partial charge in [-0.25, -0.2) is 18.1 Å². The number of halogens is 4. The van der Waals surface area contributed by atoms with E-state index >= 15 is 0 Å². The number of likely N-dealkylation sites (N-methyl/N-ethyl adjacent to an activating group) is 1. The molecule has 29 heavy (non-hydrogen) atoms. The van der Waals surface area contributed by atoms with Crippen LogP contribution in [0.2, 0.25) is 5.02 Å². The van der Waals surface area contributed by atoms with E-state index in [9.17, 15) is 21.6 Å². The molecule has 0 amide bonds. The Kier molecular flexibility index (Phi) is 6.37. The molecule has 0 aliphatic carbocycles. The van der Waals surface area contributed by atoms with Crippen LogP contribution in [0.15, 0.2) is 41.4 Å². The van der Waals surface area contributed by atoms with Crippen molar-refractivity contribution in [3.63, 3.8) is 0 Å². The van der Waals surface area contributed by atoms with Crippen molar-refractivity contribution >= 4 is 27.4 Å². The topological polar surface area (TPSA) is 65.5 Å². The third-order valence-corrected chi connectivity index (χ3v) is 6.33. The lowest BCUT2D eigenvalue weighted by atomic mass is 10.2. The Morgan fingerprint density at radius 2 is 1.83 bits per heavy atom. The Morgan fingerprint density at radius 3 is 2.48 bits per heavy atom. The molecule has 0 atom stereocenters. The lowest BCUT2D eigenvalue weighted by molar-refractivity contribution is -0.139. The van der Waals surface area contributed by atoms with Gasteiger partial charge in [0.2, 0.25) is 10.0 Å². The molecule has 11 heteroatoms. The standard InChI is InChI=1S/C18H20ClF3N4O2S/c1-25-6-8-26(9-7-25)17-10-13(4-5-23-17)12-24-29(27,28)16-3-2-14(19)11-15(16)18(20,21)22/h2-5,10-11,24H,6-9,12H2,1H3. The number of sulfonamides is 1. The van der Waals surface area contributed by atoms with Crippen LogP contribution in [0.5, 0.6) is 0 Å². The Hall–Kier alpha value is -1.88. The largest absolute Gasteiger partial charge is 0.417 e. The number of benzene rings is 1. The maximum Gasteiger partial charge on any atom is 0.417 e. The molecule has 6 nitrogen and oxygen atoms in total. The molecule has 0 unspecified atom stereocenters. The number of pyridine rings is 1. The molecular weight excluding hydrogens is 429 g/mol. The number of anilines is 1. The van der Waals surface area contributed by atoms with Gasteiger partial charge in [0.25, 0.3) is 0 Å². The summed E-state index contributed by atoms with van der Waals surface area (Å²) in [5, 5.41) is -0.192. The quantitative estimate of drug-likeness (QED) is 0.761. The van der Waals surface area contributed by atoms with Gasteiger partial charge in [0.1, 0.15) is 5.82 Å². The van der Waals surface area contributed by atoms with Gasteiger partial charge in [-0.05, 0) is 42.9 Å². The summed E-state index contributed by atoms with van der Waals surface area (Å²) in [4.78, 5) is 7.73. The summed E-state index contributed by atoms with van der Waals surface area (Å²) < 4.78 is 67.0. The fraction of sp³-hybridized carbons (Fsp3) is 0.389. The summed E-state index contributed by atoms with van der Waals surface area (Å²) in [5.41, 5.74) is -0.703. The van der Waals surface area contributed by atoms with Crippen molar-refractivity contribution in [1.82, 2.24) is 14.6 Å². The predicted octanol–water partition coefficient (Wildman–Crippen LogP) is 2.98. The second-order valence-electron chi connectivity index (χ2n) is 6.78. The van der Waals surface area contributed by atoms with Crippen molar-refractivity contribution in [1.29, 1.82) is 0 Å². The number of nitrogens with one attached hydrogen (secondary N) is 1. The van der Waals surface area contributed by atoms with Gasteiger partial charge in [-0.15, -0.1) is 0 Å². The van der Waals surface area contributed by atoms with E-state index < -0.39 is 26.7 Å². The fourth-order valence-corrected chi connectivity index (χ4v) is 4.39. The first-order chi connectivity index (χ1) is 13.6. The third kappa shape index (κ3) is 5.39. The highest BCUT2D eigenvalue weighted by Crippen LogP contribution is 2.35. The first-order valence-corrected chi connectivity index (χ1v) is 10.7. The minimum atomic E-state index is -4.85. The van der Waals surface area contributed by atoms with Crippen molar-refractivity contribution in [2.24, 2.45) is 0 Å². The number of hydrogen-bond donors (Lipinski definition) is 1. The highest BCUT2D eigenvalue weighted by molar-refractivity contribution is 7.89. The average molecular weight is 449 g/mol. The third-order valence-electron chi connectivity index (χ3n) is 4.64. The highest BCUT2D eigenvalue weighted by Gasteiger charge is 2.37. The van der Waals surface area contributed by atoms with Gasteiger partial charge in [0, 0.05) is 43.9 Å². The van der Waals surface area contributed by atoms with Crippen LogP contribution in [-0.2, 0) is 22.7 Å². The summed E-state index contributed by atoms with van der Waals surface area (Å²) in [7, 11) is -2.37. The lowest BCUT2D eigenvalue weighted by Crippen LogP contribution is -2.44. The minimum Gasteiger partial charge on any atom is -0.354 e. The molecule has 158 valence electrons. The summed E-state index contributed by atoms with van der Waals surface area (Å²) in [6.45, 7) is 3.19. The molecule has 2 aromatic rings. The second kappa shape index (κ2) is 8.47. The van der Waals surface area contributed by atoms with Crippen LogP contribution in [0.1, 0.15) is 11.1 Å².